The molecule has 0 unspecified atom stereocenters. The summed E-state index contributed by atoms with van der Waals surface area (Å²) in [7, 11) is -5.84. The van der Waals surface area contributed by atoms with Gasteiger partial charge in [0.15, 0.2) is 0 Å². The zero-order valence-electron chi connectivity index (χ0n) is 3.59. The predicted molar refractivity (Wildman–Crippen MR) is 17.6 cm³/mol. The third-order valence-corrected chi connectivity index (χ3v) is 0.877. The Morgan fingerprint density at radius 1 is 1.22 bits per heavy atom. The van der Waals surface area contributed by atoms with Crippen molar-refractivity contribution >= 4 is 10.1 Å². The minimum absolute atomic E-state index is 0. The van der Waals surface area contributed by atoms with Crippen LogP contribution in [0.4, 0.5) is 13.2 Å². The van der Waals surface area contributed by atoms with E-state index in [0.29, 0.717) is 0 Å². The molecule has 0 radical (unpaired) electrons. The van der Waals surface area contributed by atoms with Crippen molar-refractivity contribution in [1.29, 1.82) is 0 Å². The van der Waals surface area contributed by atoms with Crippen LogP contribution in [0.5, 0.6) is 0 Å². The quantitative estimate of drug-likeness (QED) is 0.520. The van der Waals surface area contributed by atoms with Crippen LogP contribution in [0.2, 0.25) is 0 Å². The summed E-state index contributed by atoms with van der Waals surface area (Å²) in [5.74, 6) is 0. The van der Waals surface area contributed by atoms with E-state index in [1.54, 1.807) is 0 Å². The molecule has 0 aromatic rings. The topological polar surface area (TPSA) is 54.4 Å². The molecule has 0 aliphatic carbocycles. The van der Waals surface area contributed by atoms with Crippen molar-refractivity contribution in [3.05, 3.63) is 0 Å². The number of rotatable bonds is 0. The van der Waals surface area contributed by atoms with Gasteiger partial charge in [0.25, 0.3) is 0 Å². The Morgan fingerprint density at radius 2 is 1.33 bits per heavy atom. The summed E-state index contributed by atoms with van der Waals surface area (Å²) >= 11 is 0. The molecule has 0 saturated heterocycles. The van der Waals surface area contributed by atoms with E-state index in [0.717, 1.165) is 0 Å². The Labute approximate surface area is 78.6 Å². The van der Waals surface area contributed by atoms with Gasteiger partial charge in [-0.25, -0.2) is 0 Å². The van der Waals surface area contributed by atoms with Crippen LogP contribution < -0.4 is 0 Å². The van der Waals surface area contributed by atoms with Crippen LogP contribution in [0.1, 0.15) is 0 Å². The molecule has 0 bridgehead atoms. The average Bonchev–Trinajstić information content (AvgIpc) is 1.25. The van der Waals surface area contributed by atoms with Gasteiger partial charge in [-0.1, -0.05) is 0 Å². The van der Waals surface area contributed by atoms with Gasteiger partial charge in [0, 0.05) is 37.3 Å². The van der Waals surface area contributed by atoms with E-state index in [-0.39, 0.29) is 37.3 Å². The first kappa shape index (κ1) is 12.6. The summed E-state index contributed by atoms with van der Waals surface area (Å²) in [4.78, 5) is 0. The molecule has 0 aromatic carbocycles. The zero-order valence-corrected chi connectivity index (χ0v) is 6.26. The molecular weight excluding hydrogens is 316 g/mol. The SMILES string of the molecule is O=S(=O)(O)C(F)(F)F.[Er]. The number of hydrogen-bond acceptors (Lipinski definition) is 2. The molecule has 0 spiro atoms. The molecular formula is CHErF3O3S. The van der Waals surface area contributed by atoms with Crippen LogP contribution in [-0.4, -0.2) is 18.5 Å². The Bertz CT molecular complexity index is 168. The molecule has 0 aromatic heterocycles. The molecule has 0 rings (SSSR count). The Balaban J connectivity index is 0. The van der Waals surface area contributed by atoms with Gasteiger partial charge < -0.3 is 0 Å². The average molecular weight is 317 g/mol. The van der Waals surface area contributed by atoms with E-state index in [1.807, 2.05) is 0 Å². The minimum Gasteiger partial charge on any atom is -0.279 e. The normalized spacial score (nSPS) is 12.4. The van der Waals surface area contributed by atoms with Crippen molar-refractivity contribution in [2.24, 2.45) is 0 Å². The van der Waals surface area contributed by atoms with Crippen molar-refractivity contribution in [3.8, 4) is 0 Å². The maximum absolute atomic E-state index is 10.7. The summed E-state index contributed by atoms with van der Waals surface area (Å²) in [5, 5.41) is 0. The molecule has 0 amide bonds. The summed E-state index contributed by atoms with van der Waals surface area (Å²) in [6.07, 6.45) is 0. The number of alkyl halides is 3. The smallest absolute Gasteiger partial charge is 0.279 e. The van der Waals surface area contributed by atoms with Gasteiger partial charge in [-0.15, -0.1) is 0 Å². The fourth-order valence-electron chi connectivity index (χ4n) is 0. The van der Waals surface area contributed by atoms with Crippen molar-refractivity contribution in [2.75, 3.05) is 0 Å². The molecule has 3 nitrogen and oxygen atoms in total. The summed E-state index contributed by atoms with van der Waals surface area (Å²) in [6, 6.07) is 0. The van der Waals surface area contributed by atoms with E-state index in [9.17, 15) is 13.2 Å². The second-order valence-corrected chi connectivity index (χ2v) is 2.33. The van der Waals surface area contributed by atoms with E-state index in [1.165, 1.54) is 0 Å². The molecule has 62 valence electrons. The molecule has 8 heteroatoms. The summed E-state index contributed by atoms with van der Waals surface area (Å²) < 4.78 is 57.5. The van der Waals surface area contributed by atoms with Crippen LogP contribution in [-0.2, 0) is 10.1 Å². The predicted octanol–water partition coefficient (Wildman–Crippen LogP) is 0.394. The van der Waals surface area contributed by atoms with Crippen molar-refractivity contribution < 1.29 is 63.4 Å². The van der Waals surface area contributed by atoms with Gasteiger partial charge >= 0.3 is 15.6 Å². The second-order valence-electron chi connectivity index (χ2n) is 0.921. The van der Waals surface area contributed by atoms with Gasteiger partial charge in [0.2, 0.25) is 0 Å². The number of halogens is 3. The van der Waals surface area contributed by atoms with E-state index in [2.05, 4.69) is 0 Å². The van der Waals surface area contributed by atoms with Gasteiger partial charge in [-0.3, -0.25) is 4.55 Å². The van der Waals surface area contributed by atoms with E-state index >= 15 is 0 Å². The molecule has 1 N–H and O–H groups in total. The molecule has 0 saturated carbocycles. The summed E-state index contributed by atoms with van der Waals surface area (Å²) in [6.45, 7) is 0. The summed E-state index contributed by atoms with van der Waals surface area (Å²) in [5.41, 5.74) is -5.53. The van der Waals surface area contributed by atoms with Gasteiger partial charge in [0.05, 0.1) is 0 Å². The fraction of sp³-hybridized carbons (Fsp3) is 1.00. The van der Waals surface area contributed by atoms with Gasteiger partial charge in [-0.05, 0) is 0 Å². The molecule has 0 atom stereocenters. The minimum atomic E-state index is -5.84. The maximum atomic E-state index is 10.7. The molecule has 0 aliphatic rings. The Hall–Kier alpha value is 0.947. The largest absolute Gasteiger partial charge is 0.522 e. The molecule has 0 fully saturated rings. The van der Waals surface area contributed by atoms with Crippen molar-refractivity contribution in [2.45, 2.75) is 5.51 Å². The van der Waals surface area contributed by atoms with Crippen molar-refractivity contribution in [3.63, 3.8) is 0 Å². The standard InChI is InChI=1S/CHF3O3S.Er/c2-1(3,4)8(5,6)7;/h(H,5,6,7);. The third kappa shape index (κ3) is 4.36. The van der Waals surface area contributed by atoms with Crippen LogP contribution in [0, 0.1) is 37.3 Å². The number of hydrogen-bond donors (Lipinski definition) is 1. The first-order chi connectivity index (χ1) is 3.25. The Kier molecular flexibility index (Phi) is 4.72. The third-order valence-electron chi connectivity index (χ3n) is 0.292. The first-order valence-corrected chi connectivity index (χ1v) is 2.73. The first-order valence-electron chi connectivity index (χ1n) is 1.29. The van der Waals surface area contributed by atoms with Crippen LogP contribution in [0.3, 0.4) is 0 Å². The monoisotopic (exact) mass is 316 g/mol. The maximum Gasteiger partial charge on any atom is 0.522 e. The zero-order chi connectivity index (χ0) is 7.00. The van der Waals surface area contributed by atoms with Crippen LogP contribution >= 0.6 is 0 Å². The van der Waals surface area contributed by atoms with Gasteiger partial charge in [0.1, 0.15) is 0 Å². The fourth-order valence-corrected chi connectivity index (χ4v) is 0. The second kappa shape index (κ2) is 3.37. The molecule has 0 heterocycles. The van der Waals surface area contributed by atoms with E-state index < -0.39 is 15.6 Å². The molecule has 9 heavy (non-hydrogen) atoms. The molecule has 0 aliphatic heterocycles. The Morgan fingerprint density at radius 3 is 1.33 bits per heavy atom. The van der Waals surface area contributed by atoms with Crippen molar-refractivity contribution in [1.82, 2.24) is 0 Å². The van der Waals surface area contributed by atoms with Crippen LogP contribution in [0.25, 0.3) is 0 Å². The van der Waals surface area contributed by atoms with Gasteiger partial charge in [-0.2, -0.15) is 21.6 Å². The van der Waals surface area contributed by atoms with Crippen LogP contribution in [0.15, 0.2) is 0 Å². The van der Waals surface area contributed by atoms with E-state index in [4.69, 9.17) is 13.0 Å².